The van der Waals surface area contributed by atoms with Crippen molar-refractivity contribution >= 4 is 5.91 Å². The topological polar surface area (TPSA) is 76.8 Å². The molecule has 2 atom stereocenters. The Morgan fingerprint density at radius 2 is 2.17 bits per heavy atom. The van der Waals surface area contributed by atoms with E-state index in [0.717, 1.165) is 32.8 Å². The quantitative estimate of drug-likeness (QED) is 0.625. The van der Waals surface area contributed by atoms with Gasteiger partial charge in [-0.2, -0.15) is 0 Å². The molecule has 6 heteroatoms. The molecule has 1 amide bonds. The number of hydrogen-bond acceptors (Lipinski definition) is 5. The highest BCUT2D eigenvalue weighted by Gasteiger charge is 2.17. The predicted octanol–water partition coefficient (Wildman–Crippen LogP) is -0.813. The number of methoxy groups -OCH3 is 1. The van der Waals surface area contributed by atoms with E-state index in [1.807, 2.05) is 6.92 Å². The van der Waals surface area contributed by atoms with E-state index >= 15 is 0 Å². The molecule has 0 spiro atoms. The third-order valence-corrected chi connectivity index (χ3v) is 3.05. The first kappa shape index (κ1) is 15.4. The Bertz CT molecular complexity index is 241. The molecule has 0 aliphatic carbocycles. The summed E-state index contributed by atoms with van der Waals surface area (Å²) in [6, 6.07) is 0.130. The van der Waals surface area contributed by atoms with Crippen LogP contribution in [0, 0.1) is 0 Å². The minimum atomic E-state index is -0.194. The van der Waals surface area contributed by atoms with Crippen LogP contribution in [0.3, 0.4) is 0 Å². The average molecular weight is 259 g/mol. The van der Waals surface area contributed by atoms with Gasteiger partial charge in [0.25, 0.3) is 0 Å². The molecular weight excluding hydrogens is 234 g/mol. The van der Waals surface area contributed by atoms with Crippen LogP contribution in [0.15, 0.2) is 0 Å². The molecule has 106 valence electrons. The summed E-state index contributed by atoms with van der Waals surface area (Å²) in [5.41, 5.74) is 5.48. The fraction of sp³-hybridized carbons (Fsp3) is 0.917. The van der Waals surface area contributed by atoms with Crippen molar-refractivity contribution < 1.29 is 14.3 Å². The first-order valence-electron chi connectivity index (χ1n) is 6.48. The summed E-state index contributed by atoms with van der Waals surface area (Å²) in [7, 11) is 1.57. The maximum atomic E-state index is 11.7. The van der Waals surface area contributed by atoms with E-state index in [4.69, 9.17) is 15.2 Å². The molecule has 0 saturated carbocycles. The second-order valence-electron chi connectivity index (χ2n) is 4.68. The predicted molar refractivity (Wildman–Crippen MR) is 69.3 cm³/mol. The lowest BCUT2D eigenvalue weighted by Crippen LogP contribution is -2.46. The van der Waals surface area contributed by atoms with Crippen LogP contribution in [-0.4, -0.2) is 69.5 Å². The zero-order valence-electron chi connectivity index (χ0n) is 11.4. The van der Waals surface area contributed by atoms with Crippen molar-refractivity contribution in [3.8, 4) is 0 Å². The van der Waals surface area contributed by atoms with Gasteiger partial charge in [0.2, 0.25) is 5.91 Å². The number of nitrogens with zero attached hydrogens (tertiary/aromatic N) is 1. The Kier molecular flexibility index (Phi) is 7.19. The van der Waals surface area contributed by atoms with Gasteiger partial charge in [0.15, 0.2) is 0 Å². The Hall–Kier alpha value is -0.690. The Balaban J connectivity index is 2.21. The molecule has 1 aliphatic heterocycles. The molecule has 0 aromatic heterocycles. The Morgan fingerprint density at radius 3 is 2.72 bits per heavy atom. The van der Waals surface area contributed by atoms with Gasteiger partial charge < -0.3 is 20.5 Å². The summed E-state index contributed by atoms with van der Waals surface area (Å²) in [6.07, 6.45) is 0.126. The lowest BCUT2D eigenvalue weighted by Gasteiger charge is -2.29. The second kappa shape index (κ2) is 8.42. The van der Waals surface area contributed by atoms with Gasteiger partial charge in [0.1, 0.15) is 0 Å². The van der Waals surface area contributed by atoms with E-state index in [-0.39, 0.29) is 18.1 Å². The number of morpholine rings is 1. The molecule has 6 nitrogen and oxygen atoms in total. The van der Waals surface area contributed by atoms with Crippen molar-refractivity contribution in [2.24, 2.45) is 5.73 Å². The van der Waals surface area contributed by atoms with E-state index in [1.54, 1.807) is 7.11 Å². The van der Waals surface area contributed by atoms with Crippen LogP contribution in [0.4, 0.5) is 0 Å². The van der Waals surface area contributed by atoms with Crippen molar-refractivity contribution in [1.82, 2.24) is 10.2 Å². The van der Waals surface area contributed by atoms with Crippen molar-refractivity contribution in [3.05, 3.63) is 0 Å². The molecule has 1 aliphatic rings. The standard InChI is InChI=1S/C12H25N3O3/c1-10(9-15-3-5-18-6-4-15)14-12(16)7-11(8-13)17-2/h10-11H,3-9,13H2,1-2H3,(H,14,16). The second-order valence-corrected chi connectivity index (χ2v) is 4.68. The molecule has 0 aromatic carbocycles. The molecule has 2 unspecified atom stereocenters. The third-order valence-electron chi connectivity index (χ3n) is 3.05. The number of hydrogen-bond donors (Lipinski definition) is 2. The number of carbonyl (C=O) groups excluding carboxylic acids is 1. The lowest BCUT2D eigenvalue weighted by atomic mass is 10.2. The number of carbonyl (C=O) groups is 1. The summed E-state index contributed by atoms with van der Waals surface area (Å²) in [4.78, 5) is 14.0. The summed E-state index contributed by atoms with van der Waals surface area (Å²) >= 11 is 0. The third kappa shape index (κ3) is 5.77. The van der Waals surface area contributed by atoms with Crippen molar-refractivity contribution in [2.45, 2.75) is 25.5 Å². The number of nitrogens with two attached hydrogens (primary N) is 1. The van der Waals surface area contributed by atoms with Gasteiger partial charge in [0, 0.05) is 39.3 Å². The number of nitrogens with one attached hydrogen (secondary N) is 1. The smallest absolute Gasteiger partial charge is 0.222 e. The lowest BCUT2D eigenvalue weighted by molar-refractivity contribution is -0.124. The van der Waals surface area contributed by atoms with Crippen molar-refractivity contribution in [2.75, 3.05) is 46.5 Å². The molecule has 1 fully saturated rings. The number of amides is 1. The van der Waals surface area contributed by atoms with Crippen molar-refractivity contribution in [3.63, 3.8) is 0 Å². The minimum Gasteiger partial charge on any atom is -0.380 e. The van der Waals surface area contributed by atoms with Crippen LogP contribution in [-0.2, 0) is 14.3 Å². The van der Waals surface area contributed by atoms with E-state index in [0.29, 0.717) is 13.0 Å². The molecule has 0 bridgehead atoms. The van der Waals surface area contributed by atoms with Crippen LogP contribution < -0.4 is 11.1 Å². The highest BCUT2D eigenvalue weighted by atomic mass is 16.5. The maximum Gasteiger partial charge on any atom is 0.222 e. The molecule has 1 heterocycles. The van der Waals surface area contributed by atoms with Gasteiger partial charge in [0.05, 0.1) is 25.7 Å². The summed E-state index contributed by atoms with van der Waals surface area (Å²) in [6.45, 7) is 6.65. The van der Waals surface area contributed by atoms with E-state index in [9.17, 15) is 4.79 Å². The van der Waals surface area contributed by atoms with Crippen LogP contribution in [0.25, 0.3) is 0 Å². The minimum absolute atomic E-state index is 0.00643. The molecule has 0 radical (unpaired) electrons. The van der Waals surface area contributed by atoms with Crippen molar-refractivity contribution in [1.29, 1.82) is 0 Å². The maximum absolute atomic E-state index is 11.7. The van der Waals surface area contributed by atoms with Crippen LogP contribution in [0.2, 0.25) is 0 Å². The van der Waals surface area contributed by atoms with Gasteiger partial charge in [-0.25, -0.2) is 0 Å². The highest BCUT2D eigenvalue weighted by molar-refractivity contribution is 5.76. The molecule has 0 aromatic rings. The number of ether oxygens (including phenoxy) is 2. The van der Waals surface area contributed by atoms with Crippen LogP contribution >= 0.6 is 0 Å². The highest BCUT2D eigenvalue weighted by Crippen LogP contribution is 2.00. The zero-order valence-corrected chi connectivity index (χ0v) is 11.4. The van der Waals surface area contributed by atoms with E-state index in [1.165, 1.54) is 0 Å². The molecule has 1 saturated heterocycles. The fourth-order valence-electron chi connectivity index (χ4n) is 2.02. The SMILES string of the molecule is COC(CN)CC(=O)NC(C)CN1CCOCC1. The van der Waals surface area contributed by atoms with Gasteiger partial charge in [-0.05, 0) is 6.92 Å². The normalized spacial score (nSPS) is 20.4. The molecular formula is C12H25N3O3. The molecule has 1 rings (SSSR count). The zero-order chi connectivity index (χ0) is 13.4. The van der Waals surface area contributed by atoms with Crippen LogP contribution in [0.1, 0.15) is 13.3 Å². The summed E-state index contributed by atoms with van der Waals surface area (Å²) < 4.78 is 10.4. The number of rotatable bonds is 7. The Labute approximate surface area is 109 Å². The molecule has 18 heavy (non-hydrogen) atoms. The van der Waals surface area contributed by atoms with Gasteiger partial charge in [-0.3, -0.25) is 9.69 Å². The largest absolute Gasteiger partial charge is 0.380 e. The molecule has 3 N–H and O–H groups in total. The average Bonchev–Trinajstić information content (AvgIpc) is 2.36. The van der Waals surface area contributed by atoms with Gasteiger partial charge in [-0.15, -0.1) is 0 Å². The fourth-order valence-corrected chi connectivity index (χ4v) is 2.02. The Morgan fingerprint density at radius 1 is 1.50 bits per heavy atom. The monoisotopic (exact) mass is 259 g/mol. The van der Waals surface area contributed by atoms with Gasteiger partial charge >= 0.3 is 0 Å². The van der Waals surface area contributed by atoms with E-state index < -0.39 is 0 Å². The first-order valence-corrected chi connectivity index (χ1v) is 6.48. The summed E-state index contributed by atoms with van der Waals surface area (Å²) in [5.74, 6) is -0.00643. The van der Waals surface area contributed by atoms with Gasteiger partial charge in [-0.1, -0.05) is 0 Å². The van der Waals surface area contributed by atoms with Crippen LogP contribution in [0.5, 0.6) is 0 Å². The first-order chi connectivity index (χ1) is 8.65. The van der Waals surface area contributed by atoms with E-state index in [2.05, 4.69) is 10.2 Å². The summed E-state index contributed by atoms with van der Waals surface area (Å²) in [5, 5.41) is 2.97.